The number of sulfonamides is 1. The minimum absolute atomic E-state index is 0.0332. The topological polar surface area (TPSA) is 86.7 Å². The fourth-order valence-corrected chi connectivity index (χ4v) is 5.73. The van der Waals surface area contributed by atoms with Gasteiger partial charge in [0.15, 0.2) is 0 Å². The van der Waals surface area contributed by atoms with Crippen molar-refractivity contribution in [3.05, 3.63) is 29.6 Å². The van der Waals surface area contributed by atoms with Crippen molar-refractivity contribution in [1.82, 2.24) is 9.62 Å². The number of aliphatic hydroxyl groups excluding tert-OH is 1. The van der Waals surface area contributed by atoms with Gasteiger partial charge in [0.25, 0.3) is 0 Å². The first kappa shape index (κ1) is 19.3. The molecule has 0 aromatic heterocycles. The monoisotopic (exact) mass is 384 g/mol. The fourth-order valence-electron chi connectivity index (χ4n) is 4.67. The van der Waals surface area contributed by atoms with Gasteiger partial charge in [-0.05, 0) is 48.4 Å². The Hall–Kier alpha value is -1.51. The van der Waals surface area contributed by atoms with Gasteiger partial charge in [0.05, 0.1) is 18.0 Å². The summed E-state index contributed by atoms with van der Waals surface area (Å²) in [6.45, 7) is 6.39. The Labute approximate surface area is 153 Å². The minimum atomic E-state index is -3.89. The zero-order valence-electron chi connectivity index (χ0n) is 15.3. The summed E-state index contributed by atoms with van der Waals surface area (Å²) in [6, 6.07) is 3.51. The first-order valence-corrected chi connectivity index (χ1v) is 10.1. The number of amides is 1. The van der Waals surface area contributed by atoms with Gasteiger partial charge in [-0.25, -0.2) is 17.5 Å². The van der Waals surface area contributed by atoms with E-state index in [1.54, 1.807) is 4.90 Å². The molecule has 2 N–H and O–H groups in total. The Balaban J connectivity index is 1.65. The predicted octanol–water partition coefficient (Wildman–Crippen LogP) is 1.28. The molecule has 0 bridgehead atoms. The van der Waals surface area contributed by atoms with Crippen LogP contribution in [0.5, 0.6) is 0 Å². The van der Waals surface area contributed by atoms with Gasteiger partial charge in [-0.15, -0.1) is 0 Å². The number of halogens is 1. The summed E-state index contributed by atoms with van der Waals surface area (Å²) < 4.78 is 40.3. The largest absolute Gasteiger partial charge is 0.396 e. The van der Waals surface area contributed by atoms with Gasteiger partial charge in [-0.2, -0.15) is 0 Å². The standard InChI is InChI=1S/C18H25FN2O4S/c1-12-6-13(4-5-14(12)19)26(24,25)20-7-16(23)21-8-15-17(2,3)9-18(15,10-21)11-22/h4-6,15,20,22H,7-11H2,1-3H3/t15-,18-/m1/s1. The highest BCUT2D eigenvalue weighted by Crippen LogP contribution is 2.62. The van der Waals surface area contributed by atoms with Gasteiger partial charge in [-0.3, -0.25) is 4.79 Å². The van der Waals surface area contributed by atoms with E-state index in [2.05, 4.69) is 18.6 Å². The first-order valence-electron chi connectivity index (χ1n) is 8.65. The van der Waals surface area contributed by atoms with Crippen LogP contribution in [0.4, 0.5) is 4.39 Å². The van der Waals surface area contributed by atoms with E-state index in [-0.39, 0.29) is 46.3 Å². The summed E-state index contributed by atoms with van der Waals surface area (Å²) in [4.78, 5) is 14.1. The van der Waals surface area contributed by atoms with Crippen LogP contribution in [-0.4, -0.2) is 50.6 Å². The number of aliphatic hydroxyl groups is 1. The number of likely N-dealkylation sites (tertiary alicyclic amines) is 1. The van der Waals surface area contributed by atoms with Crippen LogP contribution in [0, 0.1) is 29.5 Å². The number of aryl methyl sites for hydroxylation is 1. The van der Waals surface area contributed by atoms with Crippen molar-refractivity contribution >= 4 is 15.9 Å². The van der Waals surface area contributed by atoms with E-state index in [4.69, 9.17) is 0 Å². The quantitative estimate of drug-likeness (QED) is 0.801. The number of carbonyl (C=O) groups is 1. The van der Waals surface area contributed by atoms with Gasteiger partial charge >= 0.3 is 0 Å². The van der Waals surface area contributed by atoms with Gasteiger partial charge in [0.2, 0.25) is 15.9 Å². The van der Waals surface area contributed by atoms with Crippen molar-refractivity contribution in [3.8, 4) is 0 Å². The van der Waals surface area contributed by atoms with Crippen molar-refractivity contribution in [1.29, 1.82) is 0 Å². The zero-order valence-corrected chi connectivity index (χ0v) is 16.1. The van der Waals surface area contributed by atoms with Gasteiger partial charge in [0, 0.05) is 18.5 Å². The van der Waals surface area contributed by atoms with E-state index in [9.17, 15) is 22.7 Å². The zero-order chi connectivity index (χ0) is 19.3. The normalized spacial score (nSPS) is 27.1. The van der Waals surface area contributed by atoms with Crippen LogP contribution in [-0.2, 0) is 14.8 Å². The predicted molar refractivity (Wildman–Crippen MR) is 94.3 cm³/mol. The van der Waals surface area contributed by atoms with E-state index >= 15 is 0 Å². The van der Waals surface area contributed by atoms with Crippen molar-refractivity contribution in [2.75, 3.05) is 26.2 Å². The van der Waals surface area contributed by atoms with Crippen molar-refractivity contribution in [2.24, 2.45) is 16.7 Å². The average molecular weight is 384 g/mol. The molecular formula is C18H25FN2O4S. The number of benzene rings is 1. The molecule has 1 saturated carbocycles. The molecule has 26 heavy (non-hydrogen) atoms. The molecule has 144 valence electrons. The Morgan fingerprint density at radius 2 is 2.12 bits per heavy atom. The van der Waals surface area contributed by atoms with Crippen LogP contribution in [0.25, 0.3) is 0 Å². The van der Waals surface area contributed by atoms with Crippen LogP contribution in [0.15, 0.2) is 23.1 Å². The molecule has 2 aliphatic rings. The van der Waals surface area contributed by atoms with Crippen molar-refractivity contribution in [2.45, 2.75) is 32.1 Å². The molecule has 8 heteroatoms. The Morgan fingerprint density at radius 1 is 1.42 bits per heavy atom. The molecule has 1 heterocycles. The molecule has 1 aliphatic carbocycles. The second-order valence-corrected chi connectivity index (χ2v) is 10.0. The van der Waals surface area contributed by atoms with Crippen LogP contribution < -0.4 is 4.72 Å². The van der Waals surface area contributed by atoms with E-state index < -0.39 is 15.8 Å². The molecular weight excluding hydrogens is 359 g/mol. The molecule has 1 aromatic carbocycles. The third-order valence-electron chi connectivity index (χ3n) is 5.92. The third kappa shape index (κ3) is 3.14. The number of nitrogens with zero attached hydrogens (tertiary/aromatic N) is 1. The lowest BCUT2D eigenvalue weighted by atomic mass is 9.48. The van der Waals surface area contributed by atoms with E-state index in [1.165, 1.54) is 19.1 Å². The molecule has 0 spiro atoms. The van der Waals surface area contributed by atoms with E-state index in [1.807, 2.05) is 0 Å². The number of rotatable bonds is 5. The number of hydrogen-bond donors (Lipinski definition) is 2. The Bertz CT molecular complexity index is 840. The lowest BCUT2D eigenvalue weighted by Crippen LogP contribution is -2.54. The first-order chi connectivity index (χ1) is 12.0. The fraction of sp³-hybridized carbons (Fsp3) is 0.611. The molecule has 1 aromatic rings. The Morgan fingerprint density at radius 3 is 2.65 bits per heavy atom. The van der Waals surface area contributed by atoms with Gasteiger partial charge in [0.1, 0.15) is 5.82 Å². The lowest BCUT2D eigenvalue weighted by molar-refractivity contribution is -0.129. The van der Waals surface area contributed by atoms with E-state index in [0.717, 1.165) is 12.5 Å². The van der Waals surface area contributed by atoms with Crippen molar-refractivity contribution in [3.63, 3.8) is 0 Å². The summed E-state index contributed by atoms with van der Waals surface area (Å²) in [7, 11) is -3.89. The summed E-state index contributed by atoms with van der Waals surface area (Å²) in [6.07, 6.45) is 0.853. The number of nitrogens with one attached hydrogen (secondary N) is 1. The molecule has 0 unspecified atom stereocenters. The molecule has 1 saturated heterocycles. The molecule has 1 aliphatic heterocycles. The SMILES string of the molecule is Cc1cc(S(=O)(=O)NCC(=O)N2C[C@@H]3C(C)(C)C[C@]3(CO)C2)ccc1F. The summed E-state index contributed by atoms with van der Waals surface area (Å²) in [5, 5.41) is 9.75. The average Bonchev–Trinajstić information content (AvgIpc) is 2.90. The summed E-state index contributed by atoms with van der Waals surface area (Å²) in [5.74, 6) is -0.574. The highest BCUT2D eigenvalue weighted by Gasteiger charge is 2.62. The summed E-state index contributed by atoms with van der Waals surface area (Å²) in [5.41, 5.74) is 0.0390. The number of fused-ring (bicyclic) bond motifs is 1. The van der Waals surface area contributed by atoms with Gasteiger partial charge < -0.3 is 10.0 Å². The van der Waals surface area contributed by atoms with Gasteiger partial charge in [-0.1, -0.05) is 13.8 Å². The van der Waals surface area contributed by atoms with Crippen LogP contribution in [0.2, 0.25) is 0 Å². The lowest BCUT2D eigenvalue weighted by Gasteiger charge is -2.55. The second-order valence-electron chi connectivity index (χ2n) is 8.25. The van der Waals surface area contributed by atoms with E-state index in [0.29, 0.717) is 13.1 Å². The van der Waals surface area contributed by atoms with Crippen molar-refractivity contribution < 1.29 is 22.7 Å². The molecule has 1 amide bonds. The number of hydrogen-bond acceptors (Lipinski definition) is 4. The number of carbonyl (C=O) groups excluding carboxylic acids is 1. The minimum Gasteiger partial charge on any atom is -0.396 e. The maximum atomic E-state index is 13.3. The third-order valence-corrected chi connectivity index (χ3v) is 7.32. The van der Waals surface area contributed by atoms with Crippen LogP contribution in [0.1, 0.15) is 25.8 Å². The molecule has 0 radical (unpaired) electrons. The molecule has 2 fully saturated rings. The second kappa shape index (κ2) is 6.28. The Kier molecular flexibility index (Phi) is 4.65. The maximum absolute atomic E-state index is 13.3. The molecule has 2 atom stereocenters. The molecule has 3 rings (SSSR count). The smallest absolute Gasteiger partial charge is 0.241 e. The highest BCUT2D eigenvalue weighted by molar-refractivity contribution is 7.89. The maximum Gasteiger partial charge on any atom is 0.241 e. The van der Waals surface area contributed by atoms with Crippen LogP contribution >= 0.6 is 0 Å². The molecule has 6 nitrogen and oxygen atoms in total. The highest BCUT2D eigenvalue weighted by atomic mass is 32.2. The summed E-state index contributed by atoms with van der Waals surface area (Å²) >= 11 is 0. The van der Waals surface area contributed by atoms with Crippen LogP contribution in [0.3, 0.4) is 0 Å².